The van der Waals surface area contributed by atoms with Gasteiger partial charge in [-0.1, -0.05) is 24.3 Å². The second kappa shape index (κ2) is 11.2. The van der Waals surface area contributed by atoms with Gasteiger partial charge in [0.05, 0.1) is 12.6 Å². The van der Waals surface area contributed by atoms with Crippen molar-refractivity contribution in [3.63, 3.8) is 0 Å². The monoisotopic (exact) mass is 499 g/mol. The number of rotatable bonds is 6. The first kappa shape index (κ1) is 22.4. The number of guanidine groups is 1. The van der Waals surface area contributed by atoms with Crippen molar-refractivity contribution < 1.29 is 14.2 Å². The molecule has 0 saturated carbocycles. The third-order valence-corrected chi connectivity index (χ3v) is 4.43. The number of likely N-dealkylation sites (tertiary alicyclic amines) is 1. The minimum Gasteiger partial charge on any atom is -0.489 e. The molecule has 0 spiro atoms. The highest BCUT2D eigenvalue weighted by molar-refractivity contribution is 14.0. The Hall–Kier alpha value is -1.87. The van der Waals surface area contributed by atoms with Gasteiger partial charge in [0.15, 0.2) is 5.96 Å². The summed E-state index contributed by atoms with van der Waals surface area (Å²) in [5, 5.41) is 13.0. The molecule has 0 unspecified atom stereocenters. The Morgan fingerprint density at radius 2 is 2.04 bits per heavy atom. The first-order chi connectivity index (χ1) is 13.1. The maximum atomic E-state index is 13.2. The predicted octanol–water partition coefficient (Wildman–Crippen LogP) is 3.55. The molecule has 0 aromatic heterocycles. The van der Waals surface area contributed by atoms with Crippen molar-refractivity contribution in [2.24, 2.45) is 4.99 Å². The number of aliphatic hydroxyl groups is 1. The second-order valence-corrected chi connectivity index (χ2v) is 6.62. The molecule has 2 N–H and O–H groups in total. The topological polar surface area (TPSA) is 57.1 Å². The Balaban J connectivity index is 0.00000280. The normalized spacial score (nSPS) is 16.6. The van der Waals surface area contributed by atoms with E-state index < -0.39 is 0 Å². The predicted molar refractivity (Wildman–Crippen MR) is 120 cm³/mol. The van der Waals surface area contributed by atoms with Crippen LogP contribution in [-0.2, 0) is 13.2 Å². The number of aliphatic imine (C=N–C) groups is 1. The highest BCUT2D eigenvalue weighted by Gasteiger charge is 2.22. The van der Waals surface area contributed by atoms with Crippen LogP contribution >= 0.6 is 24.0 Å². The van der Waals surface area contributed by atoms with E-state index in [4.69, 9.17) is 4.74 Å². The van der Waals surface area contributed by atoms with Gasteiger partial charge in [-0.25, -0.2) is 9.38 Å². The molecule has 1 heterocycles. The van der Waals surface area contributed by atoms with Crippen LogP contribution in [0.15, 0.2) is 53.5 Å². The molecule has 0 bridgehead atoms. The molecular weight excluding hydrogens is 472 g/mol. The summed E-state index contributed by atoms with van der Waals surface area (Å²) in [6.07, 6.45) is 0.505. The molecule has 28 heavy (non-hydrogen) atoms. The fourth-order valence-electron chi connectivity index (χ4n) is 3.01. The molecule has 2 aromatic carbocycles. The van der Waals surface area contributed by atoms with Crippen molar-refractivity contribution in [2.45, 2.75) is 32.6 Å². The maximum Gasteiger partial charge on any atom is 0.194 e. The van der Waals surface area contributed by atoms with Crippen LogP contribution in [0.25, 0.3) is 0 Å². The van der Waals surface area contributed by atoms with Gasteiger partial charge >= 0.3 is 0 Å². The zero-order valence-corrected chi connectivity index (χ0v) is 18.3. The van der Waals surface area contributed by atoms with Crippen molar-refractivity contribution in [1.29, 1.82) is 0 Å². The molecule has 1 fully saturated rings. The Bertz CT molecular complexity index is 771. The van der Waals surface area contributed by atoms with Crippen LogP contribution in [-0.4, -0.2) is 41.7 Å². The van der Waals surface area contributed by atoms with Crippen LogP contribution in [0.1, 0.15) is 24.5 Å². The standard InChI is InChI=1S/C21H26FN3O2.HI/c1-2-23-21(25-11-10-19(26)14-25)24-13-16-6-8-20(9-7-16)27-15-17-4-3-5-18(22)12-17;/h3-9,12,19,26H,2,10-11,13-15H2,1H3,(H,23,24);1H/t19-;/m1./s1. The average Bonchev–Trinajstić information content (AvgIpc) is 3.10. The largest absolute Gasteiger partial charge is 0.489 e. The van der Waals surface area contributed by atoms with Gasteiger partial charge in [-0.2, -0.15) is 0 Å². The van der Waals surface area contributed by atoms with Gasteiger partial charge < -0.3 is 20.1 Å². The summed E-state index contributed by atoms with van der Waals surface area (Å²) in [7, 11) is 0. The van der Waals surface area contributed by atoms with Gasteiger partial charge in [0.25, 0.3) is 0 Å². The van der Waals surface area contributed by atoms with Crippen LogP contribution in [0.3, 0.4) is 0 Å². The number of aliphatic hydroxyl groups excluding tert-OH is 1. The first-order valence-electron chi connectivity index (χ1n) is 9.31. The smallest absolute Gasteiger partial charge is 0.194 e. The van der Waals surface area contributed by atoms with Gasteiger partial charge in [0, 0.05) is 19.6 Å². The highest BCUT2D eigenvalue weighted by Crippen LogP contribution is 2.16. The van der Waals surface area contributed by atoms with E-state index in [1.807, 2.05) is 37.3 Å². The average molecular weight is 499 g/mol. The molecule has 0 aliphatic carbocycles. The van der Waals surface area contributed by atoms with Gasteiger partial charge in [0.2, 0.25) is 0 Å². The molecule has 7 heteroatoms. The number of halogens is 2. The summed E-state index contributed by atoms with van der Waals surface area (Å²) >= 11 is 0. The zero-order chi connectivity index (χ0) is 19.1. The third kappa shape index (κ3) is 6.63. The number of ether oxygens (including phenoxy) is 1. The number of nitrogens with zero attached hydrogens (tertiary/aromatic N) is 2. The molecule has 1 aliphatic heterocycles. The van der Waals surface area contributed by atoms with Crippen molar-refractivity contribution in [1.82, 2.24) is 10.2 Å². The summed E-state index contributed by atoms with van der Waals surface area (Å²) in [4.78, 5) is 6.76. The fraction of sp³-hybridized carbons (Fsp3) is 0.381. The number of β-amino-alcohol motifs (C(OH)–C–C–N with tert-alkyl or cyclic N) is 1. The van der Waals surface area contributed by atoms with Crippen LogP contribution in [0.4, 0.5) is 4.39 Å². The lowest BCUT2D eigenvalue weighted by Crippen LogP contribution is -2.40. The molecule has 5 nitrogen and oxygen atoms in total. The number of hydrogen-bond donors (Lipinski definition) is 2. The SMILES string of the molecule is CCNC(=NCc1ccc(OCc2cccc(F)c2)cc1)N1CC[C@@H](O)C1.I. The molecular formula is C21H27FIN3O2. The van der Waals surface area contributed by atoms with Crippen LogP contribution in [0.2, 0.25) is 0 Å². The molecule has 1 aliphatic rings. The zero-order valence-electron chi connectivity index (χ0n) is 16.0. The van der Waals surface area contributed by atoms with E-state index in [-0.39, 0.29) is 35.9 Å². The van der Waals surface area contributed by atoms with E-state index in [0.29, 0.717) is 19.7 Å². The van der Waals surface area contributed by atoms with Crippen LogP contribution in [0.5, 0.6) is 5.75 Å². The first-order valence-corrected chi connectivity index (χ1v) is 9.31. The maximum absolute atomic E-state index is 13.2. The van der Waals surface area contributed by atoms with Gasteiger partial charge in [-0.3, -0.25) is 0 Å². The molecule has 2 aromatic rings. The van der Waals surface area contributed by atoms with Crippen LogP contribution < -0.4 is 10.1 Å². The van der Waals surface area contributed by atoms with Gasteiger partial charge in [0.1, 0.15) is 18.2 Å². The lowest BCUT2D eigenvalue weighted by molar-refractivity contribution is 0.188. The van der Waals surface area contributed by atoms with E-state index in [9.17, 15) is 9.50 Å². The Kier molecular flexibility index (Phi) is 8.98. The number of benzene rings is 2. The van der Waals surface area contributed by atoms with Crippen molar-refractivity contribution >= 4 is 29.9 Å². The number of hydrogen-bond acceptors (Lipinski definition) is 3. The van der Waals surface area contributed by atoms with Gasteiger partial charge in [-0.05, 0) is 48.7 Å². The fourth-order valence-corrected chi connectivity index (χ4v) is 3.01. The van der Waals surface area contributed by atoms with E-state index in [1.54, 1.807) is 6.07 Å². The lowest BCUT2D eigenvalue weighted by atomic mass is 10.2. The van der Waals surface area contributed by atoms with Gasteiger partial charge in [-0.15, -0.1) is 24.0 Å². The highest BCUT2D eigenvalue weighted by atomic mass is 127. The molecule has 3 rings (SSSR count). The number of nitrogens with one attached hydrogen (secondary N) is 1. The summed E-state index contributed by atoms with van der Waals surface area (Å²) in [5.41, 5.74) is 1.87. The van der Waals surface area contributed by atoms with Crippen molar-refractivity contribution in [3.05, 3.63) is 65.5 Å². The summed E-state index contributed by atoms with van der Waals surface area (Å²) < 4.78 is 18.9. The molecule has 152 valence electrons. The lowest BCUT2D eigenvalue weighted by Gasteiger charge is -2.20. The molecule has 1 saturated heterocycles. The molecule has 1 atom stereocenters. The summed E-state index contributed by atoms with van der Waals surface area (Å²) in [5.74, 6) is 1.31. The van der Waals surface area contributed by atoms with Crippen molar-refractivity contribution in [3.8, 4) is 5.75 Å². The van der Waals surface area contributed by atoms with E-state index in [0.717, 1.165) is 42.3 Å². The van der Waals surface area contributed by atoms with Crippen molar-refractivity contribution in [2.75, 3.05) is 19.6 Å². The Morgan fingerprint density at radius 3 is 2.68 bits per heavy atom. The summed E-state index contributed by atoms with van der Waals surface area (Å²) in [6.45, 7) is 5.15. The Morgan fingerprint density at radius 1 is 1.25 bits per heavy atom. The van der Waals surface area contributed by atoms with E-state index in [2.05, 4.69) is 15.2 Å². The van der Waals surface area contributed by atoms with E-state index >= 15 is 0 Å². The quantitative estimate of drug-likeness (QED) is 0.363. The minimum absolute atomic E-state index is 0. The Labute approximate surface area is 182 Å². The minimum atomic E-state index is -0.275. The van der Waals surface area contributed by atoms with Crippen LogP contribution in [0, 0.1) is 5.82 Å². The van der Waals surface area contributed by atoms with E-state index in [1.165, 1.54) is 12.1 Å². The second-order valence-electron chi connectivity index (χ2n) is 6.62. The third-order valence-electron chi connectivity index (χ3n) is 4.43. The molecule has 0 radical (unpaired) electrons. The summed E-state index contributed by atoms with van der Waals surface area (Å²) in [6, 6.07) is 14.2. The molecule has 0 amide bonds.